The second-order valence-corrected chi connectivity index (χ2v) is 17.7. The molecule has 9 rings (SSSR count). The van der Waals surface area contributed by atoms with Crippen LogP contribution in [0.15, 0.2) is 53.1 Å². The molecule has 292 valence electrons. The van der Waals surface area contributed by atoms with Crippen LogP contribution >= 0.6 is 11.6 Å². The predicted molar refractivity (Wildman–Crippen MR) is 209 cm³/mol. The summed E-state index contributed by atoms with van der Waals surface area (Å²) in [6.45, 7) is 4.86. The standard InChI is InChI=1S/C41H42ClFN6O6S/c1-22-26(28-7-4-8-30(36(28)42)33-18-44-34(41(46-33)54-2)21-48-15-14-24(50)20-48)5-3-6-27(22)40-45-32-17-31-29(37(43)38(32)55-40)11-12-35(31)49-16-13-23(19-49)39(51)47-56(52,53)25-9-10-25/h3-8,17-18,23-25,35,50H,9-16,19-21H2,1-2H3,(H,47,51)/t23-,24-,35-/m1/s1. The topological polar surface area (TPSA) is 151 Å². The molecule has 1 saturated carbocycles. The number of likely N-dealkylation sites (tertiary alicyclic amines) is 2. The number of carbonyl (C=O) groups is 1. The highest BCUT2D eigenvalue weighted by atomic mass is 35.5. The Hall–Kier alpha value is -4.47. The molecule has 2 aromatic heterocycles. The minimum Gasteiger partial charge on any atom is -0.480 e. The monoisotopic (exact) mass is 800 g/mol. The van der Waals surface area contributed by atoms with Gasteiger partial charge in [-0.05, 0) is 86.4 Å². The first-order chi connectivity index (χ1) is 27.0. The van der Waals surface area contributed by atoms with Gasteiger partial charge >= 0.3 is 0 Å². The number of nitrogens with one attached hydrogen (secondary N) is 1. The number of nitrogens with zero attached hydrogens (tertiary/aromatic N) is 5. The van der Waals surface area contributed by atoms with Crippen LogP contribution < -0.4 is 9.46 Å². The van der Waals surface area contributed by atoms with Crippen LogP contribution in [-0.4, -0.2) is 88.8 Å². The molecule has 3 aromatic carbocycles. The Morgan fingerprint density at radius 1 is 1.04 bits per heavy atom. The van der Waals surface area contributed by atoms with Crippen molar-refractivity contribution in [2.75, 3.05) is 33.3 Å². The summed E-state index contributed by atoms with van der Waals surface area (Å²) in [6, 6.07) is 13.3. The number of amides is 1. The lowest BCUT2D eigenvalue weighted by Gasteiger charge is -2.24. The molecule has 0 spiro atoms. The second-order valence-electron chi connectivity index (χ2n) is 15.4. The Balaban J connectivity index is 0.975. The fraction of sp³-hybridized carbons (Fsp3) is 0.415. The van der Waals surface area contributed by atoms with E-state index in [0.717, 1.165) is 35.2 Å². The maximum atomic E-state index is 16.2. The first kappa shape index (κ1) is 37.1. The van der Waals surface area contributed by atoms with Crippen molar-refractivity contribution < 1.29 is 31.9 Å². The smallest absolute Gasteiger partial charge is 0.237 e. The molecule has 4 aliphatic rings. The largest absolute Gasteiger partial charge is 0.480 e. The Labute approximate surface area is 329 Å². The first-order valence-electron chi connectivity index (χ1n) is 19.1. The van der Waals surface area contributed by atoms with E-state index in [9.17, 15) is 18.3 Å². The van der Waals surface area contributed by atoms with Crippen LogP contribution in [0.4, 0.5) is 4.39 Å². The highest BCUT2D eigenvalue weighted by Gasteiger charge is 2.41. The Morgan fingerprint density at radius 2 is 1.80 bits per heavy atom. The number of aliphatic hydroxyl groups is 1. The summed E-state index contributed by atoms with van der Waals surface area (Å²) in [6.07, 6.45) is 5.00. The molecule has 3 fully saturated rings. The van der Waals surface area contributed by atoms with Crippen molar-refractivity contribution in [3.05, 3.63) is 81.9 Å². The minimum atomic E-state index is -3.61. The third kappa shape index (κ3) is 6.74. The number of fused-ring (bicyclic) bond motifs is 2. The Morgan fingerprint density at radius 3 is 2.55 bits per heavy atom. The third-order valence-corrected chi connectivity index (χ3v) is 14.0. The quantitative estimate of drug-likeness (QED) is 0.166. The van der Waals surface area contributed by atoms with Gasteiger partial charge in [0, 0.05) is 48.9 Å². The molecule has 2 saturated heterocycles. The number of oxazole rings is 1. The molecule has 0 unspecified atom stereocenters. The summed E-state index contributed by atoms with van der Waals surface area (Å²) in [5.74, 6) is -0.630. The SMILES string of the molecule is COc1nc(-c2cccc(-c3cccc(-c4nc5cc6c(c(F)c5o4)CC[C@H]6N4CC[C@@H](C(=O)NS(=O)(=O)C5CC5)C4)c3C)c2Cl)cnc1CN1CC[C@@H](O)C1. The van der Waals surface area contributed by atoms with Gasteiger partial charge in [-0.1, -0.05) is 41.9 Å². The van der Waals surface area contributed by atoms with Gasteiger partial charge in [0.1, 0.15) is 11.2 Å². The number of ether oxygens (including phenoxy) is 1. The van der Waals surface area contributed by atoms with Gasteiger partial charge in [-0.15, -0.1) is 0 Å². The predicted octanol–water partition coefficient (Wildman–Crippen LogP) is 6.21. The van der Waals surface area contributed by atoms with Crippen LogP contribution in [0.25, 0.3) is 44.9 Å². The van der Waals surface area contributed by atoms with Crippen LogP contribution in [0, 0.1) is 18.7 Å². The summed E-state index contributed by atoms with van der Waals surface area (Å²) >= 11 is 7.13. The molecule has 12 nitrogen and oxygen atoms in total. The summed E-state index contributed by atoms with van der Waals surface area (Å²) in [5.41, 5.74) is 7.02. The molecule has 15 heteroatoms. The van der Waals surface area contributed by atoms with Crippen molar-refractivity contribution in [1.29, 1.82) is 0 Å². The van der Waals surface area contributed by atoms with Crippen LogP contribution in [0.5, 0.6) is 5.88 Å². The average Bonchev–Trinajstić information content (AvgIpc) is 3.46. The van der Waals surface area contributed by atoms with Crippen molar-refractivity contribution in [1.82, 2.24) is 29.5 Å². The normalized spacial score (nSPS) is 21.6. The zero-order chi connectivity index (χ0) is 38.9. The molecule has 3 atom stereocenters. The number of carbonyl (C=O) groups excluding carboxylic acids is 1. The van der Waals surface area contributed by atoms with Gasteiger partial charge in [0.2, 0.25) is 27.7 Å². The van der Waals surface area contributed by atoms with Crippen LogP contribution in [0.3, 0.4) is 0 Å². The van der Waals surface area contributed by atoms with Gasteiger partial charge in [-0.3, -0.25) is 24.3 Å². The molecule has 5 aromatic rings. The number of β-amino-alcohol motifs (C(OH)–C–C–N with tert-alkyl or cyclic N) is 1. The molecule has 2 aliphatic heterocycles. The fourth-order valence-electron chi connectivity index (χ4n) is 8.60. The summed E-state index contributed by atoms with van der Waals surface area (Å²) in [7, 11) is -2.05. The Kier molecular flexibility index (Phi) is 9.60. The lowest BCUT2D eigenvalue weighted by molar-refractivity contribution is -0.122. The minimum absolute atomic E-state index is 0.102. The van der Waals surface area contributed by atoms with Crippen LogP contribution in [0.1, 0.15) is 60.5 Å². The van der Waals surface area contributed by atoms with E-state index in [-0.39, 0.29) is 23.6 Å². The third-order valence-electron chi connectivity index (χ3n) is 11.8. The van der Waals surface area contributed by atoms with E-state index in [1.807, 2.05) is 49.4 Å². The van der Waals surface area contributed by atoms with Gasteiger partial charge in [0.05, 0.1) is 41.3 Å². The number of aromatic nitrogens is 3. The summed E-state index contributed by atoms with van der Waals surface area (Å²) in [5, 5.41) is 9.97. The fourth-order valence-corrected chi connectivity index (χ4v) is 10.3. The van der Waals surface area contributed by atoms with Crippen molar-refractivity contribution in [2.24, 2.45) is 5.92 Å². The van der Waals surface area contributed by atoms with Crippen molar-refractivity contribution in [3.63, 3.8) is 0 Å². The highest BCUT2D eigenvalue weighted by molar-refractivity contribution is 7.90. The summed E-state index contributed by atoms with van der Waals surface area (Å²) in [4.78, 5) is 31.4. The average molecular weight is 801 g/mol. The van der Waals surface area contributed by atoms with E-state index in [4.69, 9.17) is 30.7 Å². The summed E-state index contributed by atoms with van der Waals surface area (Å²) < 4.78 is 55.0. The molecule has 0 bridgehead atoms. The Bertz CT molecular complexity index is 2490. The zero-order valence-corrected chi connectivity index (χ0v) is 32.7. The van der Waals surface area contributed by atoms with E-state index in [1.54, 1.807) is 13.3 Å². The van der Waals surface area contributed by atoms with E-state index in [1.165, 1.54) is 0 Å². The van der Waals surface area contributed by atoms with Crippen molar-refractivity contribution in [2.45, 2.75) is 69.4 Å². The first-order valence-corrected chi connectivity index (χ1v) is 21.0. The molecule has 0 radical (unpaired) electrons. The number of hydrogen-bond donors (Lipinski definition) is 2. The van der Waals surface area contributed by atoms with Crippen LogP contribution in [0.2, 0.25) is 5.02 Å². The number of benzene rings is 3. The highest BCUT2D eigenvalue weighted by Crippen LogP contribution is 2.44. The number of halogens is 2. The lowest BCUT2D eigenvalue weighted by Crippen LogP contribution is -2.38. The molecule has 2 aliphatic carbocycles. The number of methoxy groups -OCH3 is 1. The van der Waals surface area contributed by atoms with Gasteiger partial charge in [0.25, 0.3) is 0 Å². The van der Waals surface area contributed by atoms with E-state index in [0.29, 0.717) is 103 Å². The number of rotatable bonds is 10. The lowest BCUT2D eigenvalue weighted by atomic mass is 9.94. The van der Waals surface area contributed by atoms with Gasteiger partial charge in [-0.25, -0.2) is 22.8 Å². The van der Waals surface area contributed by atoms with Crippen molar-refractivity contribution >= 4 is 38.6 Å². The van der Waals surface area contributed by atoms with Gasteiger partial charge in [0.15, 0.2) is 11.4 Å². The van der Waals surface area contributed by atoms with E-state index >= 15 is 4.39 Å². The molecular formula is C41H42ClFN6O6S. The molecule has 1 amide bonds. The number of hydrogen-bond acceptors (Lipinski definition) is 11. The second kappa shape index (κ2) is 14.5. The van der Waals surface area contributed by atoms with E-state index in [2.05, 4.69) is 19.5 Å². The molecule has 2 N–H and O–H groups in total. The molecule has 56 heavy (non-hydrogen) atoms. The zero-order valence-electron chi connectivity index (χ0n) is 31.1. The maximum Gasteiger partial charge on any atom is 0.237 e. The molecule has 4 heterocycles. The van der Waals surface area contributed by atoms with Gasteiger partial charge in [-0.2, -0.15) is 0 Å². The number of aliphatic hydroxyl groups excluding tert-OH is 1. The molecular weight excluding hydrogens is 759 g/mol. The van der Waals surface area contributed by atoms with Crippen LogP contribution in [-0.2, 0) is 27.8 Å². The van der Waals surface area contributed by atoms with Gasteiger partial charge < -0.3 is 14.3 Å². The maximum absolute atomic E-state index is 16.2. The van der Waals surface area contributed by atoms with E-state index < -0.39 is 32.9 Å². The number of sulfonamides is 1. The van der Waals surface area contributed by atoms with Crippen molar-refractivity contribution in [3.8, 4) is 39.7 Å².